The quantitative estimate of drug-likeness (QED) is 0.694. The van der Waals surface area contributed by atoms with Crippen LogP contribution in [0.5, 0.6) is 5.75 Å². The van der Waals surface area contributed by atoms with Gasteiger partial charge >= 0.3 is 0 Å². The first-order valence-electron chi connectivity index (χ1n) is 5.31. The van der Waals surface area contributed by atoms with Gasteiger partial charge in [-0.25, -0.2) is 0 Å². The Morgan fingerprint density at radius 3 is 2.11 bits per heavy atom. The molecule has 0 bridgehead atoms. The summed E-state index contributed by atoms with van der Waals surface area (Å²) in [5.74, 6) is -0.734. The van der Waals surface area contributed by atoms with Crippen molar-refractivity contribution < 1.29 is 14.7 Å². The lowest BCUT2D eigenvalue weighted by atomic mass is 9.84. The molecule has 1 aliphatic rings. The molecule has 3 nitrogen and oxygen atoms in total. The highest BCUT2D eigenvalue weighted by Gasteiger charge is 2.32. The van der Waals surface area contributed by atoms with Crippen LogP contribution >= 0.6 is 15.9 Å². The van der Waals surface area contributed by atoms with Gasteiger partial charge in [0.2, 0.25) is 0 Å². The van der Waals surface area contributed by atoms with E-state index in [1.807, 2.05) is 0 Å². The molecule has 0 aliphatic heterocycles. The first-order valence-corrected chi connectivity index (χ1v) is 6.10. The van der Waals surface area contributed by atoms with Crippen molar-refractivity contribution in [3.05, 3.63) is 63.1 Å². The number of halogens is 1. The molecule has 0 saturated heterocycles. The van der Waals surface area contributed by atoms with E-state index in [0.29, 0.717) is 15.6 Å². The van der Waals surface area contributed by atoms with Gasteiger partial charge < -0.3 is 5.11 Å². The molecule has 0 fully saturated rings. The molecule has 0 amide bonds. The molecule has 0 atom stereocenters. The second-order valence-corrected chi connectivity index (χ2v) is 4.88. The van der Waals surface area contributed by atoms with Gasteiger partial charge in [-0.15, -0.1) is 0 Å². The largest absolute Gasteiger partial charge is 0.506 e. The lowest BCUT2D eigenvalue weighted by molar-refractivity contribution is 0.0976. The number of hydrogen-bond acceptors (Lipinski definition) is 3. The Balaban J connectivity index is 2.38. The van der Waals surface area contributed by atoms with Gasteiger partial charge in [0.1, 0.15) is 5.75 Å². The standard InChI is InChI=1S/C14H7BrO3/c15-10-6-5-9-11(14(10)18)13(17)8-4-2-1-3-7(8)12(9)16/h1-6,18H. The molecule has 18 heavy (non-hydrogen) atoms. The number of carbonyl (C=O) groups excluding carboxylic acids is 2. The van der Waals surface area contributed by atoms with E-state index in [1.165, 1.54) is 0 Å². The van der Waals surface area contributed by atoms with Crippen LogP contribution in [0.4, 0.5) is 0 Å². The van der Waals surface area contributed by atoms with Crippen molar-refractivity contribution in [1.82, 2.24) is 0 Å². The molecule has 1 N–H and O–H groups in total. The Labute approximate surface area is 111 Å². The second-order valence-electron chi connectivity index (χ2n) is 4.02. The van der Waals surface area contributed by atoms with Crippen LogP contribution < -0.4 is 0 Å². The lowest BCUT2D eigenvalue weighted by Crippen LogP contribution is -2.20. The molecule has 2 aromatic rings. The van der Waals surface area contributed by atoms with E-state index in [2.05, 4.69) is 15.9 Å². The summed E-state index contributed by atoms with van der Waals surface area (Å²) in [6.07, 6.45) is 0. The van der Waals surface area contributed by atoms with Crippen molar-refractivity contribution in [3.63, 3.8) is 0 Å². The van der Waals surface area contributed by atoms with Crippen molar-refractivity contribution in [3.8, 4) is 5.75 Å². The number of aromatic hydroxyl groups is 1. The number of benzene rings is 2. The monoisotopic (exact) mass is 302 g/mol. The van der Waals surface area contributed by atoms with E-state index in [0.717, 1.165) is 0 Å². The molecule has 0 saturated carbocycles. The fourth-order valence-electron chi connectivity index (χ4n) is 2.14. The summed E-state index contributed by atoms with van der Waals surface area (Å²) in [7, 11) is 0. The summed E-state index contributed by atoms with van der Waals surface area (Å²) in [4.78, 5) is 24.5. The highest BCUT2D eigenvalue weighted by atomic mass is 79.9. The number of phenols is 1. The average molecular weight is 303 g/mol. The van der Waals surface area contributed by atoms with E-state index in [1.54, 1.807) is 36.4 Å². The maximum Gasteiger partial charge on any atom is 0.198 e. The normalized spacial score (nSPS) is 13.2. The molecule has 88 valence electrons. The number of hydrogen-bond donors (Lipinski definition) is 1. The fourth-order valence-corrected chi connectivity index (χ4v) is 2.47. The molecule has 2 aromatic carbocycles. The van der Waals surface area contributed by atoms with Crippen molar-refractivity contribution in [1.29, 1.82) is 0 Å². The van der Waals surface area contributed by atoms with Crippen molar-refractivity contribution >= 4 is 27.5 Å². The van der Waals surface area contributed by atoms with Gasteiger partial charge in [-0.2, -0.15) is 0 Å². The molecule has 0 aromatic heterocycles. The van der Waals surface area contributed by atoms with Crippen LogP contribution in [0, 0.1) is 0 Å². The zero-order chi connectivity index (χ0) is 12.9. The number of carbonyl (C=O) groups is 2. The van der Waals surface area contributed by atoms with Gasteiger partial charge in [-0.3, -0.25) is 9.59 Å². The van der Waals surface area contributed by atoms with Gasteiger partial charge in [0.05, 0.1) is 10.0 Å². The van der Waals surface area contributed by atoms with Gasteiger partial charge in [0.15, 0.2) is 11.6 Å². The average Bonchev–Trinajstić information content (AvgIpc) is 2.39. The highest BCUT2D eigenvalue weighted by molar-refractivity contribution is 9.10. The van der Waals surface area contributed by atoms with Crippen LogP contribution in [0.25, 0.3) is 0 Å². The van der Waals surface area contributed by atoms with E-state index >= 15 is 0 Å². The predicted molar refractivity (Wildman–Crippen MR) is 69.1 cm³/mol. The van der Waals surface area contributed by atoms with Crippen LogP contribution in [0.2, 0.25) is 0 Å². The number of rotatable bonds is 0. The minimum Gasteiger partial charge on any atom is -0.506 e. The third kappa shape index (κ3) is 1.36. The van der Waals surface area contributed by atoms with Crippen LogP contribution in [0.1, 0.15) is 31.8 Å². The highest BCUT2D eigenvalue weighted by Crippen LogP contribution is 2.36. The van der Waals surface area contributed by atoms with Crippen LogP contribution in [-0.4, -0.2) is 16.7 Å². The van der Waals surface area contributed by atoms with Crippen molar-refractivity contribution in [2.75, 3.05) is 0 Å². The molecule has 4 heteroatoms. The summed E-state index contributed by atoms with van der Waals surface area (Å²) >= 11 is 3.15. The van der Waals surface area contributed by atoms with Crippen molar-refractivity contribution in [2.24, 2.45) is 0 Å². The minimum atomic E-state index is -0.320. The maximum absolute atomic E-state index is 12.3. The number of ketones is 2. The first kappa shape index (κ1) is 11.2. The molecule has 0 spiro atoms. The lowest BCUT2D eigenvalue weighted by Gasteiger charge is -2.18. The van der Waals surface area contributed by atoms with Gasteiger partial charge in [0.25, 0.3) is 0 Å². The summed E-state index contributed by atoms with van der Waals surface area (Å²) in [6.45, 7) is 0. The third-order valence-electron chi connectivity index (χ3n) is 3.02. The van der Waals surface area contributed by atoms with Crippen molar-refractivity contribution in [2.45, 2.75) is 0 Å². The molecule has 1 aliphatic carbocycles. The Hall–Kier alpha value is -1.94. The zero-order valence-electron chi connectivity index (χ0n) is 9.11. The summed E-state index contributed by atoms with van der Waals surface area (Å²) in [5, 5.41) is 9.94. The molecular formula is C14H7BrO3. The van der Waals surface area contributed by atoms with Crippen LogP contribution in [-0.2, 0) is 0 Å². The third-order valence-corrected chi connectivity index (χ3v) is 3.66. The summed E-state index contributed by atoms with van der Waals surface area (Å²) in [6, 6.07) is 9.75. The van der Waals surface area contributed by atoms with E-state index in [9.17, 15) is 14.7 Å². The summed E-state index contributed by atoms with van der Waals surface area (Å²) in [5.41, 5.74) is 1.05. The Kier molecular flexibility index (Phi) is 2.35. The molecule has 0 unspecified atom stereocenters. The Morgan fingerprint density at radius 2 is 1.44 bits per heavy atom. The van der Waals surface area contributed by atoms with E-state index in [4.69, 9.17) is 0 Å². The summed E-state index contributed by atoms with van der Waals surface area (Å²) < 4.78 is 0.404. The zero-order valence-corrected chi connectivity index (χ0v) is 10.7. The van der Waals surface area contributed by atoms with E-state index < -0.39 is 0 Å². The first-order chi connectivity index (χ1) is 8.61. The SMILES string of the molecule is O=C1c2ccccc2C(=O)c2c1ccc(Br)c2O. The number of fused-ring (bicyclic) bond motifs is 2. The number of phenolic OH excluding ortho intramolecular Hbond substituents is 1. The molecule has 0 heterocycles. The fraction of sp³-hybridized carbons (Fsp3) is 0. The molecular weight excluding hydrogens is 296 g/mol. The van der Waals surface area contributed by atoms with Crippen LogP contribution in [0.3, 0.4) is 0 Å². The van der Waals surface area contributed by atoms with Crippen LogP contribution in [0.15, 0.2) is 40.9 Å². The second kappa shape index (κ2) is 3.78. The molecule has 3 rings (SSSR count). The van der Waals surface area contributed by atoms with Gasteiger partial charge in [-0.05, 0) is 28.1 Å². The predicted octanol–water partition coefficient (Wildman–Crippen LogP) is 2.93. The van der Waals surface area contributed by atoms with Gasteiger partial charge in [-0.1, -0.05) is 24.3 Å². The Bertz CT molecular complexity index is 704. The van der Waals surface area contributed by atoms with Gasteiger partial charge in [0, 0.05) is 16.7 Å². The Morgan fingerprint density at radius 1 is 0.833 bits per heavy atom. The maximum atomic E-state index is 12.3. The topological polar surface area (TPSA) is 54.4 Å². The smallest absolute Gasteiger partial charge is 0.198 e. The van der Waals surface area contributed by atoms with E-state index in [-0.39, 0.29) is 28.4 Å². The minimum absolute atomic E-state index is 0.0769. The molecule has 0 radical (unpaired) electrons.